The number of imidazole rings is 1. The molecule has 1 amide bonds. The smallest absolute Gasteiger partial charge is 0.232 e. The predicted molar refractivity (Wildman–Crippen MR) is 104 cm³/mol. The van der Waals surface area contributed by atoms with Crippen molar-refractivity contribution in [3.8, 4) is 0 Å². The van der Waals surface area contributed by atoms with Gasteiger partial charge in [0.05, 0.1) is 17.5 Å². The van der Waals surface area contributed by atoms with Crippen LogP contribution in [0.4, 0.5) is 5.95 Å². The topological polar surface area (TPSA) is 73.0 Å². The number of rotatable bonds is 4. The molecular formula is C21H20N4O2. The highest BCUT2D eigenvalue weighted by Gasteiger charge is 2.24. The second-order valence-electron chi connectivity index (χ2n) is 7.08. The van der Waals surface area contributed by atoms with Crippen molar-refractivity contribution in [2.75, 3.05) is 5.32 Å². The van der Waals surface area contributed by atoms with Gasteiger partial charge in [-0.05, 0) is 37.1 Å². The van der Waals surface area contributed by atoms with Gasteiger partial charge in [0.15, 0.2) is 5.58 Å². The zero-order valence-corrected chi connectivity index (χ0v) is 14.9. The predicted octanol–water partition coefficient (Wildman–Crippen LogP) is 4.47. The molecule has 2 heterocycles. The molecule has 1 N–H and O–H groups in total. The second kappa shape index (κ2) is 6.54. The van der Waals surface area contributed by atoms with Crippen molar-refractivity contribution in [1.29, 1.82) is 0 Å². The molecule has 0 saturated heterocycles. The Morgan fingerprint density at radius 1 is 1.11 bits per heavy atom. The maximum atomic E-state index is 12.7. The van der Waals surface area contributed by atoms with Crippen molar-refractivity contribution in [3.05, 3.63) is 54.2 Å². The molecule has 0 aliphatic heterocycles. The zero-order valence-electron chi connectivity index (χ0n) is 14.9. The van der Waals surface area contributed by atoms with Crippen LogP contribution in [0.2, 0.25) is 0 Å². The molecule has 2 aromatic carbocycles. The van der Waals surface area contributed by atoms with Crippen LogP contribution in [-0.2, 0) is 11.2 Å². The minimum atomic E-state index is -0.136. The molecule has 1 fully saturated rings. The van der Waals surface area contributed by atoms with Gasteiger partial charge in [0.2, 0.25) is 11.9 Å². The fourth-order valence-corrected chi connectivity index (χ4v) is 4.05. The molecule has 1 aliphatic carbocycles. The van der Waals surface area contributed by atoms with E-state index in [1.54, 1.807) is 0 Å². The normalized spacial score (nSPS) is 15.0. The third-order valence-electron chi connectivity index (χ3n) is 5.32. The fourth-order valence-electron chi connectivity index (χ4n) is 4.05. The zero-order chi connectivity index (χ0) is 18.2. The van der Waals surface area contributed by atoms with Crippen LogP contribution in [0.3, 0.4) is 0 Å². The summed E-state index contributed by atoms with van der Waals surface area (Å²) in [6.07, 6.45) is 4.84. The average Bonchev–Trinajstić information content (AvgIpc) is 3.40. The van der Waals surface area contributed by atoms with Crippen molar-refractivity contribution in [1.82, 2.24) is 14.7 Å². The van der Waals surface area contributed by atoms with Crippen LogP contribution in [0.1, 0.15) is 37.4 Å². The largest absolute Gasteiger partial charge is 0.356 e. The number of aromatic nitrogens is 3. The van der Waals surface area contributed by atoms with E-state index in [1.165, 1.54) is 12.8 Å². The van der Waals surface area contributed by atoms with E-state index in [0.29, 0.717) is 23.3 Å². The van der Waals surface area contributed by atoms with Gasteiger partial charge in [-0.1, -0.05) is 42.3 Å². The lowest BCUT2D eigenvalue weighted by atomic mass is 10.1. The molecule has 6 nitrogen and oxygen atoms in total. The van der Waals surface area contributed by atoms with Gasteiger partial charge in [0.1, 0.15) is 5.69 Å². The summed E-state index contributed by atoms with van der Waals surface area (Å²) in [5.74, 6) is 0.490. The van der Waals surface area contributed by atoms with E-state index in [9.17, 15) is 4.79 Å². The first-order valence-electron chi connectivity index (χ1n) is 9.40. The number of fused-ring (bicyclic) bond motifs is 2. The Labute approximate surface area is 156 Å². The summed E-state index contributed by atoms with van der Waals surface area (Å²) in [5.41, 5.74) is 3.32. The molecule has 0 unspecified atom stereocenters. The Hall–Kier alpha value is -3.15. The quantitative estimate of drug-likeness (QED) is 0.583. The first-order valence-corrected chi connectivity index (χ1v) is 9.40. The first kappa shape index (κ1) is 16.1. The Morgan fingerprint density at radius 3 is 2.78 bits per heavy atom. The van der Waals surface area contributed by atoms with Gasteiger partial charge in [-0.15, -0.1) is 0 Å². The molecule has 0 atom stereocenters. The molecule has 0 radical (unpaired) electrons. The molecule has 6 heteroatoms. The van der Waals surface area contributed by atoms with Gasteiger partial charge in [0, 0.05) is 11.4 Å². The van der Waals surface area contributed by atoms with Crippen LogP contribution >= 0.6 is 0 Å². The third-order valence-corrected chi connectivity index (χ3v) is 5.32. The molecule has 1 saturated carbocycles. The van der Waals surface area contributed by atoms with Gasteiger partial charge in [-0.2, -0.15) is 0 Å². The molecule has 2 aromatic heterocycles. The summed E-state index contributed by atoms with van der Waals surface area (Å²) in [4.78, 5) is 17.4. The van der Waals surface area contributed by atoms with Crippen molar-refractivity contribution in [2.45, 2.75) is 38.1 Å². The van der Waals surface area contributed by atoms with E-state index in [4.69, 9.17) is 4.52 Å². The number of nitrogens with one attached hydrogen (secondary N) is 1. The standard InChI is InChI=1S/C21H20N4O2/c26-20(13-17-15-9-3-6-12-19(15)27-24-17)23-21-22-16-10-4-5-11-18(16)25(21)14-7-1-2-8-14/h3-6,9-12,14H,1-2,7-8,13H2,(H,22,23,26). The molecule has 5 rings (SSSR count). The highest BCUT2D eigenvalue weighted by atomic mass is 16.5. The summed E-state index contributed by atoms with van der Waals surface area (Å²) in [5, 5.41) is 7.94. The fraction of sp³-hybridized carbons (Fsp3) is 0.286. The van der Waals surface area contributed by atoms with Gasteiger partial charge in [-0.25, -0.2) is 4.98 Å². The lowest BCUT2D eigenvalue weighted by Crippen LogP contribution is -2.19. The van der Waals surface area contributed by atoms with Crippen molar-refractivity contribution >= 4 is 33.9 Å². The highest BCUT2D eigenvalue weighted by Crippen LogP contribution is 2.35. The van der Waals surface area contributed by atoms with Crippen molar-refractivity contribution in [2.24, 2.45) is 0 Å². The summed E-state index contributed by atoms with van der Waals surface area (Å²) in [6.45, 7) is 0. The molecular weight excluding hydrogens is 340 g/mol. The van der Waals surface area contributed by atoms with Crippen LogP contribution in [-0.4, -0.2) is 20.6 Å². The van der Waals surface area contributed by atoms with Gasteiger partial charge in [-0.3, -0.25) is 10.1 Å². The van der Waals surface area contributed by atoms with Crippen LogP contribution in [0.15, 0.2) is 53.1 Å². The third kappa shape index (κ3) is 2.87. The van der Waals surface area contributed by atoms with Crippen LogP contribution in [0, 0.1) is 0 Å². The molecule has 136 valence electrons. The molecule has 0 spiro atoms. The molecule has 1 aliphatic rings. The monoisotopic (exact) mass is 360 g/mol. The number of benzene rings is 2. The minimum Gasteiger partial charge on any atom is -0.356 e. The van der Waals surface area contributed by atoms with Crippen LogP contribution < -0.4 is 5.32 Å². The van der Waals surface area contributed by atoms with Crippen LogP contribution in [0.25, 0.3) is 22.0 Å². The Bertz CT molecular complexity index is 1120. The maximum Gasteiger partial charge on any atom is 0.232 e. The van der Waals surface area contributed by atoms with Gasteiger partial charge < -0.3 is 9.09 Å². The number of carbonyl (C=O) groups excluding carboxylic acids is 1. The Balaban J connectivity index is 1.45. The number of amides is 1. The maximum absolute atomic E-state index is 12.7. The number of hydrogen-bond donors (Lipinski definition) is 1. The average molecular weight is 360 g/mol. The van der Waals surface area contributed by atoms with Crippen LogP contribution in [0.5, 0.6) is 0 Å². The van der Waals surface area contributed by atoms with E-state index < -0.39 is 0 Å². The summed E-state index contributed by atoms with van der Waals surface area (Å²) in [6, 6.07) is 16.0. The number of anilines is 1. The number of hydrogen-bond acceptors (Lipinski definition) is 4. The molecule has 0 bridgehead atoms. The number of carbonyl (C=O) groups is 1. The second-order valence-corrected chi connectivity index (χ2v) is 7.08. The number of nitrogens with zero attached hydrogens (tertiary/aromatic N) is 3. The minimum absolute atomic E-state index is 0.136. The van der Waals surface area contributed by atoms with Crippen molar-refractivity contribution < 1.29 is 9.32 Å². The summed E-state index contributed by atoms with van der Waals surface area (Å²) >= 11 is 0. The SMILES string of the molecule is O=C(Cc1noc2ccccc12)Nc1nc2ccccc2n1C1CCCC1. The van der Waals surface area contributed by atoms with Gasteiger partial charge >= 0.3 is 0 Å². The highest BCUT2D eigenvalue weighted by molar-refractivity contribution is 5.95. The van der Waals surface area contributed by atoms with Crippen molar-refractivity contribution in [3.63, 3.8) is 0 Å². The first-order chi connectivity index (χ1) is 13.3. The van der Waals surface area contributed by atoms with E-state index in [1.807, 2.05) is 42.5 Å². The van der Waals surface area contributed by atoms with E-state index in [-0.39, 0.29) is 12.3 Å². The molecule has 27 heavy (non-hydrogen) atoms. The lowest BCUT2D eigenvalue weighted by molar-refractivity contribution is -0.115. The van der Waals surface area contributed by atoms with Gasteiger partial charge in [0.25, 0.3) is 0 Å². The lowest BCUT2D eigenvalue weighted by Gasteiger charge is -2.16. The molecule has 4 aromatic rings. The van der Waals surface area contributed by atoms with E-state index in [0.717, 1.165) is 29.3 Å². The number of para-hydroxylation sites is 3. The summed E-state index contributed by atoms with van der Waals surface area (Å²) in [7, 11) is 0. The Kier molecular flexibility index (Phi) is 3.89. The Morgan fingerprint density at radius 2 is 1.89 bits per heavy atom. The van der Waals surface area contributed by atoms with E-state index in [2.05, 4.69) is 26.1 Å². The van der Waals surface area contributed by atoms with E-state index >= 15 is 0 Å². The summed E-state index contributed by atoms with van der Waals surface area (Å²) < 4.78 is 7.50.